The number of fused-ring (bicyclic) bond motifs is 1. The van der Waals surface area contributed by atoms with Crippen molar-refractivity contribution in [1.82, 2.24) is 0 Å². The Balaban J connectivity index is 1.79. The van der Waals surface area contributed by atoms with Crippen molar-refractivity contribution < 1.29 is 4.79 Å². The van der Waals surface area contributed by atoms with Crippen LogP contribution in [0.1, 0.15) is 17.0 Å². The highest BCUT2D eigenvalue weighted by Crippen LogP contribution is 2.32. The van der Waals surface area contributed by atoms with E-state index in [9.17, 15) is 4.79 Å². The maximum absolute atomic E-state index is 12.4. The van der Waals surface area contributed by atoms with Gasteiger partial charge in [0.15, 0.2) is 0 Å². The van der Waals surface area contributed by atoms with Gasteiger partial charge in [0.2, 0.25) is 5.91 Å². The summed E-state index contributed by atoms with van der Waals surface area (Å²) in [7, 11) is 0. The van der Waals surface area contributed by atoms with Crippen LogP contribution in [0.2, 0.25) is 0 Å². The Morgan fingerprint density at radius 2 is 2.10 bits per heavy atom. The van der Waals surface area contributed by atoms with Gasteiger partial charge in [0.1, 0.15) is 0 Å². The normalized spacial score (nSPS) is 16.4. The van der Waals surface area contributed by atoms with Gasteiger partial charge in [0, 0.05) is 21.5 Å². The fraction of sp³-hybridized carbons (Fsp3) is 0.188. The van der Waals surface area contributed by atoms with Gasteiger partial charge in [0.05, 0.1) is 5.92 Å². The number of para-hydroxylation sites is 1. The first kappa shape index (κ1) is 13.4. The molecule has 2 N–H and O–H groups in total. The van der Waals surface area contributed by atoms with Crippen LogP contribution < -0.4 is 10.6 Å². The van der Waals surface area contributed by atoms with E-state index in [2.05, 4.69) is 40.1 Å². The van der Waals surface area contributed by atoms with Gasteiger partial charge in [-0.1, -0.05) is 24.3 Å². The lowest BCUT2D eigenvalue weighted by Crippen LogP contribution is -2.22. The van der Waals surface area contributed by atoms with Crippen LogP contribution in [0.4, 0.5) is 11.4 Å². The minimum absolute atomic E-state index is 0.0436. The number of anilines is 2. The third kappa shape index (κ3) is 2.52. The summed E-state index contributed by atoms with van der Waals surface area (Å²) in [5, 5.41) is 6.28. The number of benzene rings is 2. The number of halogens is 1. The maximum atomic E-state index is 12.4. The van der Waals surface area contributed by atoms with E-state index in [-0.39, 0.29) is 11.8 Å². The second-order valence-electron chi connectivity index (χ2n) is 4.97. The van der Waals surface area contributed by atoms with Crippen LogP contribution in [0.5, 0.6) is 0 Å². The van der Waals surface area contributed by atoms with Crippen molar-refractivity contribution >= 4 is 39.9 Å². The minimum atomic E-state index is -0.120. The molecule has 0 spiro atoms. The lowest BCUT2D eigenvalue weighted by atomic mass is 10.0. The largest absolute Gasteiger partial charge is 0.384 e. The van der Waals surface area contributed by atoms with Crippen molar-refractivity contribution in [2.45, 2.75) is 12.8 Å². The van der Waals surface area contributed by atoms with Gasteiger partial charge in [-0.2, -0.15) is 0 Å². The average Bonchev–Trinajstić information content (AvgIpc) is 2.87. The van der Waals surface area contributed by atoms with Gasteiger partial charge < -0.3 is 10.6 Å². The Morgan fingerprint density at radius 1 is 1.30 bits per heavy atom. The van der Waals surface area contributed by atoms with E-state index in [1.165, 1.54) is 5.56 Å². The molecule has 0 aromatic heterocycles. The molecule has 102 valence electrons. The lowest BCUT2D eigenvalue weighted by Gasteiger charge is -2.12. The standard InChI is InChI=1S/C16H15IN2O/c1-10-6-7-11(8-14(10)17)19-16(20)13-9-18-15-5-3-2-4-12(13)15/h2-8,13,18H,9H2,1H3,(H,19,20). The van der Waals surface area contributed by atoms with Crippen LogP contribution in [0.15, 0.2) is 42.5 Å². The number of hydrogen-bond acceptors (Lipinski definition) is 2. The number of amides is 1. The van der Waals surface area contributed by atoms with Gasteiger partial charge in [-0.15, -0.1) is 0 Å². The molecular formula is C16H15IN2O. The quantitative estimate of drug-likeness (QED) is 0.782. The second kappa shape index (κ2) is 5.44. The first-order chi connectivity index (χ1) is 9.65. The molecular weight excluding hydrogens is 363 g/mol. The Kier molecular flexibility index (Phi) is 3.65. The van der Waals surface area contributed by atoms with E-state index in [0.717, 1.165) is 20.5 Å². The molecule has 0 saturated heterocycles. The first-order valence-electron chi connectivity index (χ1n) is 6.55. The van der Waals surface area contributed by atoms with Crippen molar-refractivity contribution in [3.05, 3.63) is 57.2 Å². The number of hydrogen-bond donors (Lipinski definition) is 2. The summed E-state index contributed by atoms with van der Waals surface area (Å²) < 4.78 is 1.16. The smallest absolute Gasteiger partial charge is 0.233 e. The molecule has 1 amide bonds. The van der Waals surface area contributed by atoms with Crippen LogP contribution in [0, 0.1) is 10.5 Å². The molecule has 0 aliphatic carbocycles. The van der Waals surface area contributed by atoms with Gasteiger partial charge in [-0.3, -0.25) is 4.79 Å². The molecule has 0 radical (unpaired) electrons. The summed E-state index contributed by atoms with van der Waals surface area (Å²) in [5.41, 5.74) is 4.21. The van der Waals surface area contributed by atoms with Crippen LogP contribution >= 0.6 is 22.6 Å². The molecule has 0 fully saturated rings. The zero-order chi connectivity index (χ0) is 14.1. The number of aryl methyl sites for hydroxylation is 1. The zero-order valence-electron chi connectivity index (χ0n) is 11.1. The summed E-state index contributed by atoms with van der Waals surface area (Å²) in [5.74, 6) is -0.0766. The molecule has 2 aromatic rings. The summed E-state index contributed by atoms with van der Waals surface area (Å²) in [6, 6.07) is 14.0. The third-order valence-corrected chi connectivity index (χ3v) is 4.75. The first-order valence-corrected chi connectivity index (χ1v) is 7.63. The number of carbonyl (C=O) groups is 1. The van der Waals surface area contributed by atoms with Gasteiger partial charge in [0.25, 0.3) is 0 Å². The summed E-state index contributed by atoms with van der Waals surface area (Å²) in [4.78, 5) is 12.4. The molecule has 2 aromatic carbocycles. The summed E-state index contributed by atoms with van der Waals surface area (Å²) in [6.45, 7) is 2.72. The molecule has 1 aliphatic rings. The maximum Gasteiger partial charge on any atom is 0.233 e. The second-order valence-corrected chi connectivity index (χ2v) is 6.14. The van der Waals surface area contributed by atoms with Crippen molar-refractivity contribution in [2.75, 3.05) is 17.2 Å². The average molecular weight is 378 g/mol. The Morgan fingerprint density at radius 3 is 2.90 bits per heavy atom. The van der Waals surface area contributed by atoms with Gasteiger partial charge in [-0.25, -0.2) is 0 Å². The molecule has 1 unspecified atom stereocenters. The van der Waals surface area contributed by atoms with E-state index in [1.807, 2.05) is 42.5 Å². The monoisotopic (exact) mass is 378 g/mol. The van der Waals surface area contributed by atoms with E-state index < -0.39 is 0 Å². The molecule has 1 atom stereocenters. The molecule has 0 bridgehead atoms. The molecule has 20 heavy (non-hydrogen) atoms. The highest BCUT2D eigenvalue weighted by atomic mass is 127. The highest BCUT2D eigenvalue weighted by Gasteiger charge is 2.28. The van der Waals surface area contributed by atoms with Crippen LogP contribution in [0.3, 0.4) is 0 Å². The minimum Gasteiger partial charge on any atom is -0.384 e. The predicted octanol–water partition coefficient (Wildman–Crippen LogP) is 3.75. The lowest BCUT2D eigenvalue weighted by molar-refractivity contribution is -0.117. The van der Waals surface area contributed by atoms with Crippen molar-refractivity contribution in [3.8, 4) is 0 Å². The molecule has 3 nitrogen and oxygen atoms in total. The van der Waals surface area contributed by atoms with Crippen LogP contribution in [-0.4, -0.2) is 12.5 Å². The summed E-state index contributed by atoms with van der Waals surface area (Å²) >= 11 is 2.28. The van der Waals surface area contributed by atoms with Crippen molar-refractivity contribution in [2.24, 2.45) is 0 Å². The van der Waals surface area contributed by atoms with E-state index in [1.54, 1.807) is 0 Å². The van der Waals surface area contributed by atoms with Crippen molar-refractivity contribution in [3.63, 3.8) is 0 Å². The topological polar surface area (TPSA) is 41.1 Å². The molecule has 3 rings (SSSR count). The fourth-order valence-corrected chi connectivity index (χ4v) is 2.93. The molecule has 1 heterocycles. The van der Waals surface area contributed by atoms with Gasteiger partial charge >= 0.3 is 0 Å². The van der Waals surface area contributed by atoms with Crippen LogP contribution in [-0.2, 0) is 4.79 Å². The molecule has 4 heteroatoms. The summed E-state index contributed by atoms with van der Waals surface area (Å²) in [6.07, 6.45) is 0. The van der Waals surface area contributed by atoms with E-state index in [0.29, 0.717) is 6.54 Å². The van der Waals surface area contributed by atoms with E-state index in [4.69, 9.17) is 0 Å². The Labute approximate surface area is 131 Å². The Bertz CT molecular complexity index is 669. The number of rotatable bonds is 2. The SMILES string of the molecule is Cc1ccc(NC(=O)C2CNc3ccccc32)cc1I. The fourth-order valence-electron chi connectivity index (χ4n) is 2.42. The van der Waals surface area contributed by atoms with Crippen molar-refractivity contribution in [1.29, 1.82) is 0 Å². The van der Waals surface area contributed by atoms with Crippen LogP contribution in [0.25, 0.3) is 0 Å². The Hall–Kier alpha value is -1.56. The number of nitrogens with one attached hydrogen (secondary N) is 2. The third-order valence-electron chi connectivity index (χ3n) is 3.59. The van der Waals surface area contributed by atoms with E-state index >= 15 is 0 Å². The molecule has 1 aliphatic heterocycles. The molecule has 0 saturated carbocycles. The predicted molar refractivity (Wildman–Crippen MR) is 90.2 cm³/mol. The number of carbonyl (C=O) groups excluding carboxylic acids is 1. The highest BCUT2D eigenvalue weighted by molar-refractivity contribution is 14.1. The zero-order valence-corrected chi connectivity index (χ0v) is 13.3. The van der Waals surface area contributed by atoms with Gasteiger partial charge in [-0.05, 0) is 58.8 Å².